The fraction of sp³-hybridized carbons (Fsp3) is 0.881. The normalized spacial score (nSPS) is 14.5. The van der Waals surface area contributed by atoms with Crippen molar-refractivity contribution >= 4 is 5.91 Å². The van der Waals surface area contributed by atoms with E-state index in [4.69, 9.17) is 0 Å². The molecule has 6 nitrogen and oxygen atoms in total. The Labute approximate surface area is 297 Å². The van der Waals surface area contributed by atoms with Crippen LogP contribution in [0.1, 0.15) is 206 Å². The first kappa shape index (κ1) is 46.8. The number of nitrogens with one attached hydrogen (secondary N) is 1. The molecule has 0 aromatic rings. The van der Waals surface area contributed by atoms with E-state index in [1.807, 2.05) is 0 Å². The first-order valence-electron chi connectivity index (χ1n) is 20.7. The maximum Gasteiger partial charge on any atom is 0.249 e. The summed E-state index contributed by atoms with van der Waals surface area (Å²) < 4.78 is 0. The first-order chi connectivity index (χ1) is 23.5. The average Bonchev–Trinajstić information content (AvgIpc) is 3.09. The second-order valence-electron chi connectivity index (χ2n) is 14.3. The molecule has 0 aromatic carbocycles. The van der Waals surface area contributed by atoms with Gasteiger partial charge in [-0.15, -0.1) is 0 Å². The molecule has 6 heteroatoms. The molecule has 0 saturated heterocycles. The first-order valence-corrected chi connectivity index (χ1v) is 20.7. The molecule has 0 fully saturated rings. The van der Waals surface area contributed by atoms with Gasteiger partial charge < -0.3 is 25.7 Å². The summed E-state index contributed by atoms with van der Waals surface area (Å²) in [4.78, 5) is 12.5. The summed E-state index contributed by atoms with van der Waals surface area (Å²) in [5.74, 6) is -0.599. The van der Waals surface area contributed by atoms with E-state index in [1.165, 1.54) is 135 Å². The third-order valence-corrected chi connectivity index (χ3v) is 9.63. The van der Waals surface area contributed by atoms with Gasteiger partial charge in [-0.3, -0.25) is 4.79 Å². The van der Waals surface area contributed by atoms with Gasteiger partial charge in [0.15, 0.2) is 0 Å². The molecule has 0 aliphatic rings. The van der Waals surface area contributed by atoms with E-state index in [1.54, 1.807) is 0 Å². The van der Waals surface area contributed by atoms with Gasteiger partial charge in [-0.05, 0) is 64.2 Å². The summed E-state index contributed by atoms with van der Waals surface area (Å²) in [5, 5.41) is 43.5. The van der Waals surface area contributed by atoms with E-state index < -0.39 is 36.9 Å². The minimum Gasteiger partial charge on any atom is -0.394 e. The van der Waals surface area contributed by atoms with Gasteiger partial charge in [0.25, 0.3) is 0 Å². The molecule has 4 unspecified atom stereocenters. The molecule has 0 aromatic heterocycles. The third kappa shape index (κ3) is 30.8. The number of rotatable bonds is 37. The molecule has 1 amide bonds. The van der Waals surface area contributed by atoms with Crippen LogP contribution in [-0.4, -0.2) is 57.3 Å². The highest BCUT2D eigenvalue weighted by atomic mass is 16.3. The molecule has 0 saturated carbocycles. The molecular weight excluding hydrogens is 598 g/mol. The molecule has 48 heavy (non-hydrogen) atoms. The Morgan fingerprint density at radius 3 is 1.25 bits per heavy atom. The quantitative estimate of drug-likeness (QED) is 0.0332. The van der Waals surface area contributed by atoms with Crippen molar-refractivity contribution < 1.29 is 25.2 Å². The highest BCUT2D eigenvalue weighted by molar-refractivity contribution is 5.80. The number of unbranched alkanes of at least 4 members (excludes halogenated alkanes) is 24. The Kier molecular flexibility index (Phi) is 36.1. The Morgan fingerprint density at radius 1 is 0.500 bits per heavy atom. The highest BCUT2D eigenvalue weighted by Crippen LogP contribution is 2.15. The summed E-state index contributed by atoms with van der Waals surface area (Å²) in [5.41, 5.74) is 0. The van der Waals surface area contributed by atoms with E-state index in [0.717, 1.165) is 44.9 Å². The molecule has 284 valence electrons. The Hall–Kier alpha value is -1.21. The molecule has 0 aliphatic heterocycles. The minimum atomic E-state index is -1.28. The Balaban J connectivity index is 3.82. The summed E-state index contributed by atoms with van der Waals surface area (Å²) in [6.07, 6.45) is 40.6. The third-order valence-electron chi connectivity index (χ3n) is 9.63. The van der Waals surface area contributed by atoms with Crippen LogP contribution in [0, 0.1) is 0 Å². The standard InChI is InChI=1S/C42H81NO5/c1-3-5-7-9-11-13-15-17-19-21-23-25-27-29-31-33-35-39(45)41(47)38(37-44)43-42(48)40(46)36-34-32-30-28-26-24-22-20-18-16-14-12-10-8-6-4-2/h18,20,27,29,38-41,44-47H,3-17,19,21-26,28,30-37H2,1-2H3,(H,43,48)/b20-18-,29-27+. The van der Waals surface area contributed by atoms with Crippen LogP contribution in [0.3, 0.4) is 0 Å². The van der Waals surface area contributed by atoms with Crippen molar-refractivity contribution in [2.45, 2.75) is 231 Å². The maximum atomic E-state index is 12.5. The number of carbonyl (C=O) groups excluding carboxylic acids is 1. The van der Waals surface area contributed by atoms with Gasteiger partial charge >= 0.3 is 0 Å². The molecular formula is C42H81NO5. The van der Waals surface area contributed by atoms with Gasteiger partial charge in [0.2, 0.25) is 5.91 Å². The fourth-order valence-corrected chi connectivity index (χ4v) is 6.28. The van der Waals surface area contributed by atoms with Gasteiger partial charge in [0, 0.05) is 0 Å². The second kappa shape index (κ2) is 37.1. The predicted octanol–water partition coefficient (Wildman–Crippen LogP) is 10.4. The SMILES string of the molecule is CCCCCCCC/C=C\CCCCCCCCC(O)C(=O)NC(CO)C(O)C(O)CCC/C=C/CCCCCCCCCCCCC. The van der Waals surface area contributed by atoms with Crippen LogP contribution in [0.15, 0.2) is 24.3 Å². The fourth-order valence-electron chi connectivity index (χ4n) is 6.28. The largest absolute Gasteiger partial charge is 0.394 e. The van der Waals surface area contributed by atoms with Crippen LogP contribution in [0.4, 0.5) is 0 Å². The van der Waals surface area contributed by atoms with Crippen molar-refractivity contribution in [2.24, 2.45) is 0 Å². The Morgan fingerprint density at radius 2 is 0.854 bits per heavy atom. The lowest BCUT2D eigenvalue weighted by Gasteiger charge is -2.27. The molecule has 0 spiro atoms. The van der Waals surface area contributed by atoms with E-state index in [2.05, 4.69) is 43.5 Å². The molecule has 4 atom stereocenters. The molecule has 0 rings (SSSR count). The monoisotopic (exact) mass is 680 g/mol. The summed E-state index contributed by atoms with van der Waals surface area (Å²) >= 11 is 0. The number of amides is 1. The van der Waals surface area contributed by atoms with Crippen molar-refractivity contribution in [1.29, 1.82) is 0 Å². The van der Waals surface area contributed by atoms with Crippen molar-refractivity contribution in [2.75, 3.05) is 6.61 Å². The number of aliphatic hydroxyl groups is 4. The lowest BCUT2D eigenvalue weighted by Crippen LogP contribution is -2.53. The van der Waals surface area contributed by atoms with Crippen molar-refractivity contribution in [1.82, 2.24) is 5.32 Å². The average molecular weight is 680 g/mol. The van der Waals surface area contributed by atoms with Crippen molar-refractivity contribution in [3.63, 3.8) is 0 Å². The van der Waals surface area contributed by atoms with E-state index in [0.29, 0.717) is 12.8 Å². The van der Waals surface area contributed by atoms with Crippen LogP contribution in [-0.2, 0) is 4.79 Å². The highest BCUT2D eigenvalue weighted by Gasteiger charge is 2.28. The van der Waals surface area contributed by atoms with Gasteiger partial charge in [0.05, 0.1) is 18.8 Å². The minimum absolute atomic E-state index is 0.356. The second-order valence-corrected chi connectivity index (χ2v) is 14.3. The summed E-state index contributed by atoms with van der Waals surface area (Å²) in [7, 11) is 0. The summed E-state index contributed by atoms with van der Waals surface area (Å²) in [6.45, 7) is 4.02. The van der Waals surface area contributed by atoms with Crippen LogP contribution < -0.4 is 5.32 Å². The van der Waals surface area contributed by atoms with Crippen molar-refractivity contribution in [3.8, 4) is 0 Å². The van der Waals surface area contributed by atoms with E-state index in [-0.39, 0.29) is 0 Å². The predicted molar refractivity (Wildman–Crippen MR) is 205 cm³/mol. The van der Waals surface area contributed by atoms with Gasteiger partial charge in [-0.1, -0.05) is 167 Å². The number of aliphatic hydroxyl groups excluding tert-OH is 4. The van der Waals surface area contributed by atoms with Crippen molar-refractivity contribution in [3.05, 3.63) is 24.3 Å². The van der Waals surface area contributed by atoms with E-state index in [9.17, 15) is 25.2 Å². The molecule has 0 bridgehead atoms. The Bertz CT molecular complexity index is 727. The number of carbonyl (C=O) groups is 1. The lowest BCUT2D eigenvalue weighted by atomic mass is 10.00. The van der Waals surface area contributed by atoms with Crippen LogP contribution in [0.2, 0.25) is 0 Å². The number of allylic oxidation sites excluding steroid dienone is 4. The van der Waals surface area contributed by atoms with E-state index >= 15 is 0 Å². The maximum absolute atomic E-state index is 12.5. The van der Waals surface area contributed by atoms with Gasteiger partial charge in [-0.25, -0.2) is 0 Å². The zero-order chi connectivity index (χ0) is 35.3. The van der Waals surface area contributed by atoms with Gasteiger partial charge in [-0.2, -0.15) is 0 Å². The molecule has 0 aliphatic carbocycles. The topological polar surface area (TPSA) is 110 Å². The van der Waals surface area contributed by atoms with Gasteiger partial charge in [0.1, 0.15) is 12.2 Å². The zero-order valence-corrected chi connectivity index (χ0v) is 31.7. The molecule has 0 heterocycles. The smallest absolute Gasteiger partial charge is 0.249 e. The zero-order valence-electron chi connectivity index (χ0n) is 31.7. The van der Waals surface area contributed by atoms with Crippen LogP contribution in [0.25, 0.3) is 0 Å². The van der Waals surface area contributed by atoms with Crippen LogP contribution >= 0.6 is 0 Å². The number of hydrogen-bond acceptors (Lipinski definition) is 5. The number of hydrogen-bond donors (Lipinski definition) is 5. The van der Waals surface area contributed by atoms with Crippen LogP contribution in [0.5, 0.6) is 0 Å². The lowest BCUT2D eigenvalue weighted by molar-refractivity contribution is -0.132. The molecule has 0 radical (unpaired) electrons. The summed E-state index contributed by atoms with van der Waals surface area (Å²) in [6, 6.07) is -1.00. The molecule has 5 N–H and O–H groups in total.